The van der Waals surface area contributed by atoms with Gasteiger partial charge in [-0.25, -0.2) is 0 Å². The molecule has 3 N–H and O–H groups in total. The van der Waals surface area contributed by atoms with Crippen molar-refractivity contribution in [2.24, 2.45) is 17.6 Å². The first-order chi connectivity index (χ1) is 12.8. The van der Waals surface area contributed by atoms with Gasteiger partial charge in [-0.15, -0.1) is 0 Å². The highest BCUT2D eigenvalue weighted by molar-refractivity contribution is 6.12. The van der Waals surface area contributed by atoms with Gasteiger partial charge in [-0.3, -0.25) is 24.1 Å². The van der Waals surface area contributed by atoms with E-state index < -0.39 is 0 Å². The molecule has 0 saturated carbocycles. The van der Waals surface area contributed by atoms with Gasteiger partial charge in [-0.05, 0) is 38.0 Å². The third-order valence-electron chi connectivity index (χ3n) is 4.65. The van der Waals surface area contributed by atoms with Crippen molar-refractivity contribution in [1.82, 2.24) is 10.2 Å². The number of hydrogen-bond acceptors (Lipinski definition) is 4. The van der Waals surface area contributed by atoms with Crippen LogP contribution in [0.2, 0.25) is 0 Å². The Bertz CT molecular complexity index is 539. The first-order valence-electron chi connectivity index (χ1n) is 9.90. The molecule has 0 radical (unpaired) electrons. The number of carbonyl (C=O) groups excluding carboxylic acids is 4. The summed E-state index contributed by atoms with van der Waals surface area (Å²) in [5.41, 5.74) is 5.43. The molecule has 0 aromatic heterocycles. The summed E-state index contributed by atoms with van der Waals surface area (Å²) in [6.45, 7) is 5.17. The third kappa shape index (κ3) is 9.35. The summed E-state index contributed by atoms with van der Waals surface area (Å²) in [5.74, 6) is -0.376. The van der Waals surface area contributed by atoms with E-state index in [1.807, 2.05) is 0 Å². The van der Waals surface area contributed by atoms with E-state index in [4.69, 9.17) is 5.73 Å². The van der Waals surface area contributed by atoms with Gasteiger partial charge < -0.3 is 11.1 Å². The second-order valence-electron chi connectivity index (χ2n) is 7.55. The molecule has 0 bridgehead atoms. The van der Waals surface area contributed by atoms with E-state index in [9.17, 15) is 19.2 Å². The maximum Gasteiger partial charge on any atom is 0.253 e. The summed E-state index contributed by atoms with van der Waals surface area (Å²) in [4.78, 5) is 47.2. The number of hydrogen-bond donors (Lipinski definition) is 2. The molecule has 0 fully saturated rings. The van der Waals surface area contributed by atoms with Crippen molar-refractivity contribution in [2.45, 2.75) is 65.2 Å². The van der Waals surface area contributed by atoms with E-state index in [2.05, 4.69) is 19.2 Å². The topological polar surface area (TPSA) is 110 Å². The molecule has 0 aliphatic carbocycles. The predicted octanol–water partition coefficient (Wildman–Crippen LogP) is 1.91. The monoisotopic (exact) mass is 379 g/mol. The first kappa shape index (κ1) is 22.9. The first-order valence-corrected chi connectivity index (χ1v) is 9.90. The number of rotatable bonds is 14. The average molecular weight is 380 g/mol. The number of primary amides is 1. The number of nitrogens with one attached hydrogen (secondary N) is 1. The van der Waals surface area contributed by atoms with E-state index in [1.54, 1.807) is 0 Å². The molecule has 27 heavy (non-hydrogen) atoms. The van der Waals surface area contributed by atoms with Crippen LogP contribution in [-0.2, 0) is 19.2 Å². The molecule has 7 nitrogen and oxygen atoms in total. The highest BCUT2D eigenvalue weighted by Gasteiger charge is 2.22. The molecule has 1 rings (SSSR count). The standard InChI is InChI=1S/C20H33N3O4/c1-15(2)14-16(20(21)27)8-5-6-12-22-17(24)9-4-3-7-13-23-18(25)10-11-19(23)26/h10-11,15-16H,3-9,12-14H2,1-2H3,(H2,21,27)(H,22,24). The van der Waals surface area contributed by atoms with Crippen molar-refractivity contribution in [2.75, 3.05) is 13.1 Å². The van der Waals surface area contributed by atoms with E-state index in [0.29, 0.717) is 31.8 Å². The molecular formula is C20H33N3O4. The van der Waals surface area contributed by atoms with Gasteiger partial charge in [0, 0.05) is 37.6 Å². The van der Waals surface area contributed by atoms with Crippen LogP contribution in [0.3, 0.4) is 0 Å². The second kappa shape index (κ2) is 12.3. The molecule has 1 heterocycles. The van der Waals surface area contributed by atoms with Crippen LogP contribution in [0.15, 0.2) is 12.2 Å². The Hall–Kier alpha value is -2.18. The van der Waals surface area contributed by atoms with Gasteiger partial charge >= 0.3 is 0 Å². The number of amides is 4. The lowest BCUT2D eigenvalue weighted by Gasteiger charge is -2.15. The van der Waals surface area contributed by atoms with Crippen LogP contribution >= 0.6 is 0 Å². The lowest BCUT2D eigenvalue weighted by atomic mass is 9.92. The molecule has 7 heteroatoms. The van der Waals surface area contributed by atoms with Gasteiger partial charge in [0.1, 0.15) is 0 Å². The summed E-state index contributed by atoms with van der Waals surface area (Å²) in [6, 6.07) is 0. The average Bonchev–Trinajstić information content (AvgIpc) is 2.91. The molecule has 1 aliphatic heterocycles. The molecule has 1 unspecified atom stereocenters. The molecule has 1 aliphatic rings. The van der Waals surface area contributed by atoms with E-state index in [0.717, 1.165) is 38.5 Å². The van der Waals surface area contributed by atoms with Gasteiger partial charge in [0.05, 0.1) is 0 Å². The lowest BCUT2D eigenvalue weighted by molar-refractivity contribution is -0.137. The third-order valence-corrected chi connectivity index (χ3v) is 4.65. The van der Waals surface area contributed by atoms with Gasteiger partial charge in [0.2, 0.25) is 11.8 Å². The van der Waals surface area contributed by atoms with Crippen molar-refractivity contribution in [3.05, 3.63) is 12.2 Å². The zero-order chi connectivity index (χ0) is 20.2. The largest absolute Gasteiger partial charge is 0.369 e. The maximum absolute atomic E-state index is 11.8. The summed E-state index contributed by atoms with van der Waals surface area (Å²) in [7, 11) is 0. The minimum Gasteiger partial charge on any atom is -0.369 e. The summed E-state index contributed by atoms with van der Waals surface area (Å²) >= 11 is 0. The number of nitrogens with two attached hydrogens (primary N) is 1. The lowest BCUT2D eigenvalue weighted by Crippen LogP contribution is -2.30. The van der Waals surface area contributed by atoms with Crippen LogP contribution < -0.4 is 11.1 Å². The summed E-state index contributed by atoms with van der Waals surface area (Å²) < 4.78 is 0. The Labute approximate surface area is 161 Å². The van der Waals surface area contributed by atoms with Crippen LogP contribution in [-0.4, -0.2) is 41.6 Å². The Balaban J connectivity index is 2.02. The van der Waals surface area contributed by atoms with Crippen LogP contribution in [0.25, 0.3) is 0 Å². The molecule has 4 amide bonds. The van der Waals surface area contributed by atoms with E-state index in [-0.39, 0.29) is 29.5 Å². The summed E-state index contributed by atoms with van der Waals surface area (Å²) in [6.07, 6.45) is 8.52. The number of nitrogens with zero attached hydrogens (tertiary/aromatic N) is 1. The molecule has 1 atom stereocenters. The number of carbonyl (C=O) groups is 4. The second-order valence-corrected chi connectivity index (χ2v) is 7.55. The Morgan fingerprint density at radius 3 is 2.30 bits per heavy atom. The minimum atomic E-state index is -0.260. The smallest absolute Gasteiger partial charge is 0.253 e. The Kier molecular flexibility index (Phi) is 10.4. The predicted molar refractivity (Wildman–Crippen MR) is 103 cm³/mol. The highest BCUT2D eigenvalue weighted by Crippen LogP contribution is 2.17. The van der Waals surface area contributed by atoms with Crippen molar-refractivity contribution in [3.63, 3.8) is 0 Å². The van der Waals surface area contributed by atoms with Crippen molar-refractivity contribution in [3.8, 4) is 0 Å². The fourth-order valence-corrected chi connectivity index (χ4v) is 3.16. The normalized spacial score (nSPS) is 14.9. The van der Waals surface area contributed by atoms with Crippen LogP contribution in [0.1, 0.15) is 65.2 Å². The van der Waals surface area contributed by atoms with Crippen molar-refractivity contribution < 1.29 is 19.2 Å². The van der Waals surface area contributed by atoms with Crippen molar-refractivity contribution in [1.29, 1.82) is 0 Å². The molecule has 0 spiro atoms. The molecule has 0 saturated heterocycles. The fraction of sp³-hybridized carbons (Fsp3) is 0.700. The van der Waals surface area contributed by atoms with E-state index >= 15 is 0 Å². The molecular weight excluding hydrogens is 346 g/mol. The van der Waals surface area contributed by atoms with Crippen LogP contribution in [0.5, 0.6) is 0 Å². The minimum absolute atomic E-state index is 0.0126. The maximum atomic E-state index is 11.8. The van der Waals surface area contributed by atoms with Gasteiger partial charge in [-0.2, -0.15) is 0 Å². The fourth-order valence-electron chi connectivity index (χ4n) is 3.16. The number of imide groups is 1. The van der Waals surface area contributed by atoms with Gasteiger partial charge in [-0.1, -0.05) is 26.7 Å². The summed E-state index contributed by atoms with van der Waals surface area (Å²) in [5, 5.41) is 2.89. The van der Waals surface area contributed by atoms with Crippen LogP contribution in [0.4, 0.5) is 0 Å². The Morgan fingerprint density at radius 1 is 1.04 bits per heavy atom. The molecule has 0 aromatic rings. The highest BCUT2D eigenvalue weighted by atomic mass is 16.2. The Morgan fingerprint density at radius 2 is 1.70 bits per heavy atom. The SMILES string of the molecule is CC(C)CC(CCCCNC(=O)CCCCCN1C(=O)C=CC1=O)C(N)=O. The zero-order valence-corrected chi connectivity index (χ0v) is 16.5. The zero-order valence-electron chi connectivity index (χ0n) is 16.5. The molecule has 0 aromatic carbocycles. The van der Waals surface area contributed by atoms with Gasteiger partial charge in [0.15, 0.2) is 0 Å². The van der Waals surface area contributed by atoms with Gasteiger partial charge in [0.25, 0.3) is 11.8 Å². The molecule has 152 valence electrons. The van der Waals surface area contributed by atoms with Crippen LogP contribution in [0, 0.1) is 11.8 Å². The number of unbranched alkanes of at least 4 members (excludes halogenated alkanes) is 3. The van der Waals surface area contributed by atoms with E-state index in [1.165, 1.54) is 17.1 Å². The van der Waals surface area contributed by atoms with Crippen molar-refractivity contribution >= 4 is 23.6 Å². The quantitative estimate of drug-likeness (QED) is 0.355.